The first-order chi connectivity index (χ1) is 7.15. The van der Waals surface area contributed by atoms with Crippen LogP contribution in [0.5, 0.6) is 0 Å². The van der Waals surface area contributed by atoms with Gasteiger partial charge in [-0.1, -0.05) is 0 Å². The van der Waals surface area contributed by atoms with E-state index >= 15 is 0 Å². The van der Waals surface area contributed by atoms with Crippen LogP contribution in [0.1, 0.15) is 10.6 Å². The minimum absolute atomic E-state index is 0.255. The number of rotatable bonds is 2. The lowest BCUT2D eigenvalue weighted by Gasteiger charge is -1.97. The fraction of sp³-hybridized carbons (Fsp3) is 0.111. The van der Waals surface area contributed by atoms with E-state index in [-0.39, 0.29) is 11.7 Å². The van der Waals surface area contributed by atoms with Gasteiger partial charge < -0.3 is 9.73 Å². The van der Waals surface area contributed by atoms with E-state index in [9.17, 15) is 4.79 Å². The van der Waals surface area contributed by atoms with Gasteiger partial charge >= 0.3 is 0 Å². The number of nitrogens with zero attached hydrogens (tertiary/aromatic N) is 2. The number of amides is 1. The van der Waals surface area contributed by atoms with E-state index in [0.29, 0.717) is 10.4 Å². The zero-order chi connectivity index (χ0) is 10.8. The number of furan rings is 1. The largest absolute Gasteiger partial charge is 0.444 e. The van der Waals surface area contributed by atoms with E-state index in [1.165, 1.54) is 0 Å². The predicted octanol–water partition coefficient (Wildman–Crippen LogP) is 2.03. The van der Waals surface area contributed by atoms with Crippen molar-refractivity contribution < 1.29 is 9.21 Å². The van der Waals surface area contributed by atoms with Crippen molar-refractivity contribution in [2.24, 2.45) is 7.05 Å². The average Bonchev–Trinajstić information content (AvgIpc) is 2.75. The topological polar surface area (TPSA) is 60.1 Å². The van der Waals surface area contributed by atoms with Crippen LogP contribution in [-0.4, -0.2) is 15.7 Å². The molecule has 15 heavy (non-hydrogen) atoms. The molecule has 0 aliphatic carbocycles. The smallest absolute Gasteiger partial charge is 0.291 e. The Kier molecular flexibility index (Phi) is 2.59. The molecule has 0 aliphatic heterocycles. The number of carbonyl (C=O) groups excluding carboxylic acids is 1. The highest BCUT2D eigenvalue weighted by Crippen LogP contribution is 2.15. The molecule has 6 heteroatoms. The summed E-state index contributed by atoms with van der Waals surface area (Å²) in [7, 11) is 1.78. The first kappa shape index (κ1) is 9.97. The van der Waals surface area contributed by atoms with Gasteiger partial charge in [0, 0.05) is 13.2 Å². The Morgan fingerprint density at radius 1 is 1.60 bits per heavy atom. The molecule has 0 spiro atoms. The summed E-state index contributed by atoms with van der Waals surface area (Å²) >= 11 is 3.13. The molecule has 5 nitrogen and oxygen atoms in total. The van der Waals surface area contributed by atoms with Crippen LogP contribution in [-0.2, 0) is 7.05 Å². The molecule has 0 saturated carbocycles. The number of anilines is 1. The van der Waals surface area contributed by atoms with Crippen LogP contribution in [0.25, 0.3) is 0 Å². The van der Waals surface area contributed by atoms with Crippen molar-refractivity contribution in [3.63, 3.8) is 0 Å². The maximum absolute atomic E-state index is 11.6. The summed E-state index contributed by atoms with van der Waals surface area (Å²) in [6.45, 7) is 0. The van der Waals surface area contributed by atoms with Crippen molar-refractivity contribution in [1.29, 1.82) is 0 Å². The Morgan fingerprint density at radius 3 is 2.93 bits per heavy atom. The Hall–Kier alpha value is -1.56. The maximum Gasteiger partial charge on any atom is 0.291 e. The highest BCUT2D eigenvalue weighted by molar-refractivity contribution is 9.10. The third-order valence-electron chi connectivity index (χ3n) is 1.76. The molecule has 78 valence electrons. The van der Waals surface area contributed by atoms with E-state index in [1.54, 1.807) is 36.3 Å². The predicted molar refractivity (Wildman–Crippen MR) is 57.6 cm³/mol. The summed E-state index contributed by atoms with van der Waals surface area (Å²) in [6, 6.07) is 3.26. The molecule has 1 N–H and O–H groups in total. The van der Waals surface area contributed by atoms with Crippen molar-refractivity contribution >= 4 is 27.5 Å². The lowest BCUT2D eigenvalue weighted by Crippen LogP contribution is -2.10. The summed E-state index contributed by atoms with van der Waals surface area (Å²) in [6.07, 6.45) is 3.27. The lowest BCUT2D eigenvalue weighted by molar-refractivity contribution is 0.0995. The molecule has 0 radical (unpaired) electrons. The molecule has 0 bridgehead atoms. The fourth-order valence-corrected chi connectivity index (χ4v) is 1.42. The zero-order valence-corrected chi connectivity index (χ0v) is 9.48. The van der Waals surface area contributed by atoms with E-state index in [4.69, 9.17) is 4.42 Å². The first-order valence-electron chi connectivity index (χ1n) is 4.20. The number of aryl methyl sites for hydroxylation is 1. The van der Waals surface area contributed by atoms with Gasteiger partial charge in [0.15, 0.2) is 10.4 Å². The van der Waals surface area contributed by atoms with Crippen molar-refractivity contribution in [3.8, 4) is 0 Å². The fourth-order valence-electron chi connectivity index (χ4n) is 1.11. The Balaban J connectivity index is 2.10. The van der Waals surface area contributed by atoms with Crippen LogP contribution in [0.2, 0.25) is 0 Å². The van der Waals surface area contributed by atoms with Gasteiger partial charge in [-0.2, -0.15) is 5.10 Å². The van der Waals surface area contributed by atoms with Crippen LogP contribution in [0.4, 0.5) is 5.69 Å². The van der Waals surface area contributed by atoms with E-state index in [0.717, 1.165) is 0 Å². The second kappa shape index (κ2) is 3.90. The summed E-state index contributed by atoms with van der Waals surface area (Å²) in [5, 5.41) is 6.59. The highest BCUT2D eigenvalue weighted by atomic mass is 79.9. The zero-order valence-electron chi connectivity index (χ0n) is 7.90. The molecule has 0 aliphatic rings. The van der Waals surface area contributed by atoms with Crippen LogP contribution >= 0.6 is 15.9 Å². The molecule has 0 atom stereocenters. The Morgan fingerprint density at radius 2 is 2.40 bits per heavy atom. The maximum atomic E-state index is 11.6. The summed E-state index contributed by atoms with van der Waals surface area (Å²) in [5.41, 5.74) is 0.634. The molecule has 0 fully saturated rings. The van der Waals surface area contributed by atoms with Crippen LogP contribution in [0, 0.1) is 0 Å². The number of carbonyl (C=O) groups is 1. The van der Waals surface area contributed by atoms with Gasteiger partial charge in [0.2, 0.25) is 0 Å². The van der Waals surface area contributed by atoms with Gasteiger partial charge in [0.25, 0.3) is 5.91 Å². The molecule has 0 saturated heterocycles. The standard InChI is InChI=1S/C9H8BrN3O2/c1-13-5-6(4-11-13)12-9(14)7-2-3-8(10)15-7/h2-5H,1H3,(H,12,14). The summed E-state index contributed by atoms with van der Waals surface area (Å²) in [5.74, 6) is -0.0422. The van der Waals surface area contributed by atoms with Crippen molar-refractivity contribution in [2.75, 3.05) is 5.32 Å². The first-order valence-corrected chi connectivity index (χ1v) is 5.00. The van der Waals surface area contributed by atoms with Gasteiger partial charge in [0.1, 0.15) is 0 Å². The summed E-state index contributed by atoms with van der Waals surface area (Å²) < 4.78 is 7.23. The van der Waals surface area contributed by atoms with Gasteiger partial charge in [-0.05, 0) is 28.1 Å². The Labute approximate surface area is 94.2 Å². The number of nitrogens with one attached hydrogen (secondary N) is 1. The molecule has 2 aromatic heterocycles. The molecule has 2 aromatic rings. The molecule has 1 amide bonds. The average molecular weight is 270 g/mol. The van der Waals surface area contributed by atoms with Crippen LogP contribution in [0.15, 0.2) is 33.6 Å². The van der Waals surface area contributed by atoms with E-state index in [2.05, 4.69) is 26.3 Å². The van der Waals surface area contributed by atoms with Gasteiger partial charge in [-0.25, -0.2) is 0 Å². The third-order valence-corrected chi connectivity index (χ3v) is 2.19. The van der Waals surface area contributed by atoms with Crippen LogP contribution in [0.3, 0.4) is 0 Å². The van der Waals surface area contributed by atoms with Crippen LogP contribution < -0.4 is 5.32 Å². The molecule has 0 aromatic carbocycles. The van der Waals surface area contributed by atoms with Gasteiger partial charge in [0.05, 0.1) is 11.9 Å². The Bertz CT molecular complexity index is 489. The van der Waals surface area contributed by atoms with Crippen molar-refractivity contribution in [3.05, 3.63) is 35.0 Å². The second-order valence-electron chi connectivity index (χ2n) is 2.96. The van der Waals surface area contributed by atoms with Crippen molar-refractivity contribution in [2.45, 2.75) is 0 Å². The normalized spacial score (nSPS) is 10.3. The number of hydrogen-bond donors (Lipinski definition) is 1. The molecule has 2 rings (SSSR count). The van der Waals surface area contributed by atoms with E-state index in [1.807, 2.05) is 0 Å². The number of aromatic nitrogens is 2. The molecular weight excluding hydrogens is 262 g/mol. The third kappa shape index (κ3) is 2.27. The molecular formula is C9H8BrN3O2. The lowest BCUT2D eigenvalue weighted by atomic mass is 10.4. The highest BCUT2D eigenvalue weighted by Gasteiger charge is 2.10. The quantitative estimate of drug-likeness (QED) is 0.908. The SMILES string of the molecule is Cn1cc(NC(=O)c2ccc(Br)o2)cn1. The minimum atomic E-state index is -0.297. The van der Waals surface area contributed by atoms with Gasteiger partial charge in [-0.3, -0.25) is 9.48 Å². The summed E-state index contributed by atoms with van der Waals surface area (Å²) in [4.78, 5) is 11.6. The minimum Gasteiger partial charge on any atom is -0.444 e. The van der Waals surface area contributed by atoms with E-state index < -0.39 is 0 Å². The molecule has 0 unspecified atom stereocenters. The van der Waals surface area contributed by atoms with Crippen molar-refractivity contribution in [1.82, 2.24) is 9.78 Å². The van der Waals surface area contributed by atoms with Gasteiger partial charge in [-0.15, -0.1) is 0 Å². The monoisotopic (exact) mass is 269 g/mol. The second-order valence-corrected chi connectivity index (χ2v) is 3.74. The number of hydrogen-bond acceptors (Lipinski definition) is 3. The molecule has 2 heterocycles. The number of halogens is 1.